The molecule has 0 spiro atoms. The van der Waals surface area contributed by atoms with Gasteiger partial charge in [-0.15, -0.1) is 0 Å². The Morgan fingerprint density at radius 2 is 1.80 bits per heavy atom. The molecule has 1 aliphatic heterocycles. The lowest BCUT2D eigenvalue weighted by atomic mass is 9.68. The number of anilines is 1. The van der Waals surface area contributed by atoms with Crippen LogP contribution in [0.2, 0.25) is 0 Å². The topological polar surface area (TPSA) is 132 Å². The summed E-state index contributed by atoms with van der Waals surface area (Å²) in [5, 5.41) is 22.8. The number of nitro groups is 1. The molecule has 2 N–H and O–H groups in total. The molecule has 0 bridgehead atoms. The number of carbonyl (C=O) groups is 1. The molecule has 5 rings (SSSR count). The van der Waals surface area contributed by atoms with Gasteiger partial charge >= 0.3 is 0 Å². The fourth-order valence-electron chi connectivity index (χ4n) is 6.17. The Balaban J connectivity index is 1.70. The standard InChI is InChI=1S/C34H33FN4O5/c1-19-12-21(18-44-23-8-6-22(35)7-9-23)20(2)25(13-19)31-26(17-36)33(37)38(29-15-34(3,4)16-30(40)32(29)31)27-11-10-24(43-5)14-28(27)39(41)42/h6-14,31H,15-16,18,37H2,1-5H3. The van der Waals surface area contributed by atoms with E-state index >= 15 is 0 Å². The normalized spacial score (nSPS) is 17.7. The van der Waals surface area contributed by atoms with Gasteiger partial charge < -0.3 is 15.2 Å². The van der Waals surface area contributed by atoms with Gasteiger partial charge in [0, 0.05) is 17.7 Å². The second kappa shape index (κ2) is 11.5. The van der Waals surface area contributed by atoms with Gasteiger partial charge in [0.05, 0.1) is 35.7 Å². The van der Waals surface area contributed by atoms with E-state index in [1.165, 1.54) is 36.3 Å². The fourth-order valence-corrected chi connectivity index (χ4v) is 6.17. The monoisotopic (exact) mass is 596 g/mol. The van der Waals surface area contributed by atoms with Gasteiger partial charge in [-0.2, -0.15) is 5.26 Å². The summed E-state index contributed by atoms with van der Waals surface area (Å²) in [6, 6.07) is 16.3. The molecular weight excluding hydrogens is 563 g/mol. The lowest BCUT2D eigenvalue weighted by Crippen LogP contribution is -2.42. The molecule has 10 heteroatoms. The third kappa shape index (κ3) is 5.49. The smallest absolute Gasteiger partial charge is 0.296 e. The third-order valence-electron chi connectivity index (χ3n) is 8.22. The van der Waals surface area contributed by atoms with Gasteiger partial charge in [0.2, 0.25) is 0 Å². The van der Waals surface area contributed by atoms with E-state index < -0.39 is 16.3 Å². The molecule has 0 saturated carbocycles. The predicted octanol–water partition coefficient (Wildman–Crippen LogP) is 6.88. The Kier molecular flexibility index (Phi) is 7.91. The van der Waals surface area contributed by atoms with Gasteiger partial charge in [-0.25, -0.2) is 4.39 Å². The van der Waals surface area contributed by atoms with E-state index in [1.807, 2.05) is 39.8 Å². The van der Waals surface area contributed by atoms with Crippen LogP contribution >= 0.6 is 0 Å². The molecule has 0 saturated heterocycles. The van der Waals surface area contributed by atoms with Crippen LogP contribution in [0, 0.1) is 46.5 Å². The molecule has 1 unspecified atom stereocenters. The first-order valence-corrected chi connectivity index (χ1v) is 14.1. The SMILES string of the molecule is COc1ccc(N2C(N)=C(C#N)C(c3cc(C)cc(COc4ccc(F)cc4)c3C)C3=C2CC(C)(C)CC3=O)c([N+](=O)[O-])c1. The number of carbonyl (C=O) groups excluding carboxylic acids is 1. The van der Waals surface area contributed by atoms with Crippen LogP contribution in [0.3, 0.4) is 0 Å². The van der Waals surface area contributed by atoms with Crippen molar-refractivity contribution < 1.29 is 23.6 Å². The second-order valence-electron chi connectivity index (χ2n) is 12.0. The van der Waals surface area contributed by atoms with Crippen LogP contribution in [0.25, 0.3) is 0 Å². The molecule has 0 amide bonds. The molecule has 0 radical (unpaired) electrons. The van der Waals surface area contributed by atoms with Crippen molar-refractivity contribution in [2.24, 2.45) is 11.1 Å². The van der Waals surface area contributed by atoms with E-state index in [4.69, 9.17) is 15.2 Å². The van der Waals surface area contributed by atoms with E-state index in [1.54, 1.807) is 18.2 Å². The van der Waals surface area contributed by atoms with Crippen LogP contribution < -0.4 is 20.1 Å². The Bertz CT molecular complexity index is 1790. The summed E-state index contributed by atoms with van der Waals surface area (Å²) in [4.78, 5) is 27.2. The average Bonchev–Trinajstić information content (AvgIpc) is 2.97. The minimum Gasteiger partial charge on any atom is -0.496 e. The number of nitrogens with two attached hydrogens (primary N) is 1. The highest BCUT2D eigenvalue weighted by Crippen LogP contribution is 2.52. The first-order chi connectivity index (χ1) is 20.8. The van der Waals surface area contributed by atoms with Gasteiger partial charge in [-0.05, 0) is 78.8 Å². The largest absolute Gasteiger partial charge is 0.496 e. The van der Waals surface area contributed by atoms with Crippen molar-refractivity contribution in [3.05, 3.63) is 115 Å². The van der Waals surface area contributed by atoms with Crippen molar-refractivity contribution >= 4 is 17.2 Å². The number of hydrogen-bond donors (Lipinski definition) is 1. The van der Waals surface area contributed by atoms with Gasteiger partial charge in [0.1, 0.15) is 35.4 Å². The highest BCUT2D eigenvalue weighted by atomic mass is 19.1. The van der Waals surface area contributed by atoms with E-state index in [0.717, 1.165) is 22.3 Å². The van der Waals surface area contributed by atoms with Gasteiger partial charge in [-0.3, -0.25) is 19.8 Å². The first kappa shape index (κ1) is 30.3. The number of allylic oxidation sites excluding steroid dienone is 3. The first-order valence-electron chi connectivity index (χ1n) is 14.1. The maximum Gasteiger partial charge on any atom is 0.296 e. The van der Waals surface area contributed by atoms with Crippen molar-refractivity contribution in [3.8, 4) is 17.6 Å². The van der Waals surface area contributed by atoms with Crippen LogP contribution in [0.4, 0.5) is 15.8 Å². The summed E-state index contributed by atoms with van der Waals surface area (Å²) >= 11 is 0. The van der Waals surface area contributed by atoms with Crippen LogP contribution in [0.15, 0.2) is 77.3 Å². The Morgan fingerprint density at radius 3 is 2.43 bits per heavy atom. The summed E-state index contributed by atoms with van der Waals surface area (Å²) in [5.74, 6) is -0.474. The number of methoxy groups -OCH3 is 1. The van der Waals surface area contributed by atoms with Crippen molar-refractivity contribution in [1.82, 2.24) is 0 Å². The zero-order valence-electron chi connectivity index (χ0n) is 25.2. The number of rotatable bonds is 7. The number of aryl methyl sites for hydroxylation is 1. The molecule has 1 aliphatic carbocycles. The summed E-state index contributed by atoms with van der Waals surface area (Å²) in [6.45, 7) is 7.93. The van der Waals surface area contributed by atoms with E-state index in [2.05, 4.69) is 6.07 Å². The zero-order valence-corrected chi connectivity index (χ0v) is 25.2. The Hall–Kier alpha value is -5.17. The van der Waals surface area contributed by atoms with Gasteiger partial charge in [-0.1, -0.05) is 31.5 Å². The number of nitrogens with zero attached hydrogens (tertiary/aromatic N) is 3. The van der Waals surface area contributed by atoms with Crippen LogP contribution in [-0.2, 0) is 11.4 Å². The summed E-state index contributed by atoms with van der Waals surface area (Å²) in [7, 11) is 1.42. The minimum atomic E-state index is -0.781. The fraction of sp³-hybridized carbons (Fsp3) is 0.294. The lowest BCUT2D eigenvalue weighted by molar-refractivity contribution is -0.384. The summed E-state index contributed by atoms with van der Waals surface area (Å²) in [6.07, 6.45) is 0.642. The Labute approximate surface area is 255 Å². The van der Waals surface area contributed by atoms with Crippen LogP contribution in [0.1, 0.15) is 54.9 Å². The van der Waals surface area contributed by atoms with Crippen molar-refractivity contribution in [1.29, 1.82) is 5.26 Å². The molecule has 0 aromatic heterocycles. The zero-order chi connectivity index (χ0) is 31.9. The highest BCUT2D eigenvalue weighted by molar-refractivity contribution is 6.02. The number of ketones is 1. The third-order valence-corrected chi connectivity index (χ3v) is 8.22. The van der Waals surface area contributed by atoms with E-state index in [9.17, 15) is 24.6 Å². The number of Topliss-reactive ketones (excluding diaryl/α,β-unsaturated/α-hetero) is 1. The van der Waals surface area contributed by atoms with E-state index in [0.29, 0.717) is 29.2 Å². The second-order valence-corrected chi connectivity index (χ2v) is 12.0. The molecule has 3 aromatic carbocycles. The number of nitriles is 1. The number of nitro benzene ring substituents is 1. The van der Waals surface area contributed by atoms with Crippen molar-refractivity contribution in [2.75, 3.05) is 12.0 Å². The predicted molar refractivity (Wildman–Crippen MR) is 163 cm³/mol. The average molecular weight is 597 g/mol. The maximum atomic E-state index is 14.0. The molecule has 1 heterocycles. The molecule has 226 valence electrons. The lowest BCUT2D eigenvalue weighted by Gasteiger charge is -2.43. The highest BCUT2D eigenvalue weighted by Gasteiger charge is 2.46. The number of halogens is 1. The van der Waals surface area contributed by atoms with Crippen molar-refractivity contribution in [3.63, 3.8) is 0 Å². The summed E-state index contributed by atoms with van der Waals surface area (Å²) < 4.78 is 24.6. The van der Waals surface area contributed by atoms with Crippen molar-refractivity contribution in [2.45, 2.75) is 53.1 Å². The van der Waals surface area contributed by atoms with Gasteiger partial charge in [0.15, 0.2) is 5.78 Å². The maximum absolute atomic E-state index is 14.0. The molecule has 2 aliphatic rings. The quantitative estimate of drug-likeness (QED) is 0.231. The minimum absolute atomic E-state index is 0.0278. The van der Waals surface area contributed by atoms with Crippen LogP contribution in [0.5, 0.6) is 11.5 Å². The molecule has 9 nitrogen and oxygen atoms in total. The summed E-state index contributed by atoms with van der Waals surface area (Å²) in [5.41, 5.74) is 10.5. The van der Waals surface area contributed by atoms with Gasteiger partial charge in [0.25, 0.3) is 5.69 Å². The number of benzene rings is 3. The Morgan fingerprint density at radius 1 is 1.11 bits per heavy atom. The molecular formula is C34H33FN4O5. The molecule has 44 heavy (non-hydrogen) atoms. The number of hydrogen-bond acceptors (Lipinski definition) is 8. The molecule has 1 atom stereocenters. The van der Waals surface area contributed by atoms with Crippen LogP contribution in [-0.4, -0.2) is 17.8 Å². The molecule has 3 aromatic rings. The number of ether oxygens (including phenoxy) is 2. The molecule has 0 fully saturated rings. The van der Waals surface area contributed by atoms with E-state index in [-0.39, 0.29) is 47.4 Å².